The van der Waals surface area contributed by atoms with Crippen molar-refractivity contribution in [3.63, 3.8) is 0 Å². The van der Waals surface area contributed by atoms with Gasteiger partial charge in [-0.2, -0.15) is 4.98 Å². The Bertz CT molecular complexity index is 291. The predicted molar refractivity (Wildman–Crippen MR) is 47.4 cm³/mol. The van der Waals surface area contributed by atoms with E-state index < -0.39 is 0 Å². The van der Waals surface area contributed by atoms with Crippen LogP contribution in [-0.2, 0) is 6.54 Å². The summed E-state index contributed by atoms with van der Waals surface area (Å²) in [5.41, 5.74) is -0.378. The van der Waals surface area contributed by atoms with Crippen LogP contribution >= 0.6 is 11.6 Å². The molecule has 1 heterocycles. The van der Waals surface area contributed by atoms with Crippen LogP contribution in [0.1, 0.15) is 26.2 Å². The summed E-state index contributed by atoms with van der Waals surface area (Å²) in [7, 11) is 0. The topological polar surface area (TPSA) is 50.7 Å². The highest BCUT2D eigenvalue weighted by Gasteiger charge is 2.00. The monoisotopic (exact) mass is 189 g/mol. The van der Waals surface area contributed by atoms with Crippen molar-refractivity contribution in [1.82, 2.24) is 14.8 Å². The van der Waals surface area contributed by atoms with Gasteiger partial charge in [0, 0.05) is 6.54 Å². The van der Waals surface area contributed by atoms with Crippen molar-refractivity contribution in [2.75, 3.05) is 0 Å². The zero-order chi connectivity index (χ0) is 8.97. The van der Waals surface area contributed by atoms with Crippen molar-refractivity contribution in [3.8, 4) is 0 Å². The van der Waals surface area contributed by atoms with Gasteiger partial charge in [-0.25, -0.2) is 9.89 Å². The number of nitrogens with one attached hydrogen (secondary N) is 1. The molecule has 0 aliphatic carbocycles. The Morgan fingerprint density at radius 2 is 2.33 bits per heavy atom. The quantitative estimate of drug-likeness (QED) is 0.729. The van der Waals surface area contributed by atoms with E-state index >= 15 is 0 Å². The summed E-state index contributed by atoms with van der Waals surface area (Å²) in [6.07, 6.45) is 3.30. The van der Waals surface area contributed by atoms with Crippen molar-refractivity contribution >= 4 is 11.6 Å². The Hall–Kier alpha value is -0.770. The molecule has 0 saturated carbocycles. The second kappa shape index (κ2) is 4.30. The van der Waals surface area contributed by atoms with E-state index in [2.05, 4.69) is 17.0 Å². The molecule has 0 fully saturated rings. The number of hydrogen-bond acceptors (Lipinski definition) is 2. The summed E-state index contributed by atoms with van der Waals surface area (Å²) in [4.78, 5) is 14.2. The van der Waals surface area contributed by atoms with Crippen LogP contribution in [0.25, 0.3) is 0 Å². The molecule has 0 aliphatic rings. The largest absolute Gasteiger partial charge is 0.362 e. The minimum atomic E-state index is -0.378. The highest BCUT2D eigenvalue weighted by atomic mass is 35.5. The molecule has 0 aliphatic heterocycles. The van der Waals surface area contributed by atoms with Crippen molar-refractivity contribution in [2.45, 2.75) is 32.7 Å². The Morgan fingerprint density at radius 3 is 2.83 bits per heavy atom. The highest BCUT2D eigenvalue weighted by Crippen LogP contribution is 2.02. The van der Waals surface area contributed by atoms with Crippen LogP contribution in [0.5, 0.6) is 0 Å². The first-order valence-electron chi connectivity index (χ1n) is 4.06. The second-order valence-corrected chi connectivity index (χ2v) is 2.99. The minimum absolute atomic E-state index is 0.246. The Kier molecular flexibility index (Phi) is 3.34. The number of H-pyrrole nitrogens is 1. The molecule has 4 nitrogen and oxygen atoms in total. The minimum Gasteiger partial charge on any atom is -0.257 e. The molecule has 0 atom stereocenters. The molecule has 0 amide bonds. The lowest BCUT2D eigenvalue weighted by Crippen LogP contribution is -2.06. The summed E-state index contributed by atoms with van der Waals surface area (Å²) in [6.45, 7) is 2.86. The Morgan fingerprint density at radius 1 is 1.58 bits per heavy atom. The van der Waals surface area contributed by atoms with E-state index in [0.717, 1.165) is 25.8 Å². The maximum absolute atomic E-state index is 10.7. The van der Waals surface area contributed by atoms with Gasteiger partial charge in [-0.15, -0.1) is 0 Å². The van der Waals surface area contributed by atoms with Gasteiger partial charge >= 0.3 is 5.69 Å². The van der Waals surface area contributed by atoms with Crippen LogP contribution < -0.4 is 5.69 Å². The Labute approximate surface area is 75.5 Å². The van der Waals surface area contributed by atoms with Crippen molar-refractivity contribution in [1.29, 1.82) is 0 Å². The van der Waals surface area contributed by atoms with Gasteiger partial charge < -0.3 is 0 Å². The summed E-state index contributed by atoms with van der Waals surface area (Å²) >= 11 is 5.64. The van der Waals surface area contributed by atoms with Crippen LogP contribution in [0.15, 0.2) is 4.79 Å². The maximum Gasteiger partial charge on any atom is 0.362 e. The third-order valence-corrected chi connectivity index (χ3v) is 1.92. The lowest BCUT2D eigenvalue weighted by atomic mass is 10.2. The molecule has 1 aromatic heterocycles. The van der Waals surface area contributed by atoms with Crippen LogP contribution in [0, 0.1) is 0 Å². The first-order chi connectivity index (χ1) is 5.74. The maximum atomic E-state index is 10.7. The van der Waals surface area contributed by atoms with E-state index in [1.807, 2.05) is 0 Å². The summed E-state index contributed by atoms with van der Waals surface area (Å²) in [5, 5.41) is 2.77. The normalized spacial score (nSPS) is 10.5. The molecule has 0 bridgehead atoms. The number of nitrogens with zero attached hydrogens (tertiary/aromatic N) is 2. The average Bonchev–Trinajstić information content (AvgIpc) is 2.31. The smallest absolute Gasteiger partial charge is 0.257 e. The lowest BCUT2D eigenvalue weighted by Gasteiger charge is -2.00. The molecular formula is C7H12ClN3O. The molecule has 0 aromatic carbocycles. The summed E-state index contributed by atoms with van der Waals surface area (Å²) < 4.78 is 1.57. The standard InChI is InChI=1S/C7H12ClN3O/c1-2-3-4-5-11-6(8)9-7(12)10-11/h2-5H2,1H3,(H,10,12). The van der Waals surface area contributed by atoms with Crippen LogP contribution in [0.4, 0.5) is 0 Å². The molecule has 0 radical (unpaired) electrons. The second-order valence-electron chi connectivity index (χ2n) is 2.66. The van der Waals surface area contributed by atoms with Gasteiger partial charge in [0.25, 0.3) is 0 Å². The molecule has 5 heteroatoms. The fraction of sp³-hybridized carbons (Fsp3) is 0.714. The molecule has 0 unspecified atom stereocenters. The van der Waals surface area contributed by atoms with Crippen molar-refractivity contribution in [3.05, 3.63) is 15.8 Å². The average molecular weight is 190 g/mol. The molecule has 0 spiro atoms. The van der Waals surface area contributed by atoms with Gasteiger partial charge in [-0.3, -0.25) is 4.68 Å². The SMILES string of the molecule is CCCCCn1[nH]c(=O)nc1Cl. The molecule has 12 heavy (non-hydrogen) atoms. The number of unbranched alkanes of at least 4 members (excludes halogenated alkanes) is 2. The number of hydrogen-bond donors (Lipinski definition) is 1. The third-order valence-electron chi connectivity index (χ3n) is 1.63. The third kappa shape index (κ3) is 2.37. The van der Waals surface area contributed by atoms with Gasteiger partial charge in [-0.05, 0) is 18.0 Å². The van der Waals surface area contributed by atoms with Gasteiger partial charge in [0.2, 0.25) is 5.28 Å². The van der Waals surface area contributed by atoms with Gasteiger partial charge in [0.1, 0.15) is 0 Å². The van der Waals surface area contributed by atoms with E-state index in [0.29, 0.717) is 0 Å². The van der Waals surface area contributed by atoms with E-state index in [4.69, 9.17) is 11.6 Å². The summed E-state index contributed by atoms with van der Waals surface area (Å²) in [5.74, 6) is 0. The van der Waals surface area contributed by atoms with Crippen LogP contribution in [0.3, 0.4) is 0 Å². The summed E-state index contributed by atoms with van der Waals surface area (Å²) in [6, 6.07) is 0. The molecule has 1 N–H and O–H groups in total. The van der Waals surface area contributed by atoms with Gasteiger partial charge in [0.15, 0.2) is 0 Å². The van der Waals surface area contributed by atoms with Crippen LogP contribution in [0.2, 0.25) is 5.28 Å². The fourth-order valence-electron chi connectivity index (χ4n) is 0.999. The molecule has 1 rings (SSSR count). The van der Waals surface area contributed by atoms with Gasteiger partial charge in [-0.1, -0.05) is 19.8 Å². The number of halogens is 1. The predicted octanol–water partition coefficient (Wildman–Crippen LogP) is 1.41. The lowest BCUT2D eigenvalue weighted by molar-refractivity contribution is 0.550. The zero-order valence-corrected chi connectivity index (χ0v) is 7.76. The van der Waals surface area contributed by atoms with E-state index in [9.17, 15) is 4.79 Å². The molecule has 68 valence electrons. The number of rotatable bonds is 4. The molecule has 1 aromatic rings. The van der Waals surface area contributed by atoms with E-state index in [1.54, 1.807) is 4.68 Å². The first-order valence-corrected chi connectivity index (χ1v) is 4.44. The van der Waals surface area contributed by atoms with E-state index in [1.165, 1.54) is 0 Å². The van der Waals surface area contributed by atoms with Crippen molar-refractivity contribution < 1.29 is 0 Å². The van der Waals surface area contributed by atoms with Crippen LogP contribution in [-0.4, -0.2) is 14.8 Å². The zero-order valence-electron chi connectivity index (χ0n) is 7.01. The fourth-order valence-corrected chi connectivity index (χ4v) is 1.20. The highest BCUT2D eigenvalue weighted by molar-refractivity contribution is 6.28. The molecule has 0 saturated heterocycles. The van der Waals surface area contributed by atoms with Crippen molar-refractivity contribution in [2.24, 2.45) is 0 Å². The Balaban J connectivity index is 2.51. The molecular weight excluding hydrogens is 178 g/mol. The first kappa shape index (κ1) is 9.32. The van der Waals surface area contributed by atoms with E-state index in [-0.39, 0.29) is 11.0 Å². The number of aryl methyl sites for hydroxylation is 1. The van der Waals surface area contributed by atoms with Gasteiger partial charge in [0.05, 0.1) is 0 Å². The number of aromatic amines is 1. The number of aromatic nitrogens is 3.